The van der Waals surface area contributed by atoms with E-state index in [0.717, 1.165) is 11.8 Å². The molecule has 0 atom stereocenters. The molecule has 6 nitrogen and oxygen atoms in total. The molecular weight excluding hydrogens is 344 g/mol. The Morgan fingerprint density at radius 1 is 1.25 bits per heavy atom. The number of nitrogens with one attached hydrogen (secondary N) is 1. The van der Waals surface area contributed by atoms with Crippen molar-refractivity contribution in [3.63, 3.8) is 0 Å². The van der Waals surface area contributed by atoms with E-state index in [1.54, 1.807) is 13.0 Å². The lowest BCUT2D eigenvalue weighted by atomic mass is 10.2. The van der Waals surface area contributed by atoms with Gasteiger partial charge in [0, 0.05) is 6.54 Å². The second-order valence-corrected chi connectivity index (χ2v) is 5.42. The summed E-state index contributed by atoms with van der Waals surface area (Å²) in [6.45, 7) is -0.731. The largest absolute Gasteiger partial charge is 0.493 e. The molecule has 134 valence electrons. The summed E-state index contributed by atoms with van der Waals surface area (Å²) in [6, 6.07) is 4.40. The molecule has 1 rings (SSSR count). The van der Waals surface area contributed by atoms with Crippen molar-refractivity contribution in [2.75, 3.05) is 25.2 Å². The maximum atomic E-state index is 12.2. The van der Waals surface area contributed by atoms with Crippen LogP contribution in [0.2, 0.25) is 0 Å². The van der Waals surface area contributed by atoms with Crippen molar-refractivity contribution < 1.29 is 32.6 Å². The molecule has 0 aromatic heterocycles. The lowest BCUT2D eigenvalue weighted by molar-refractivity contribution is -0.139. The Morgan fingerprint density at radius 3 is 2.62 bits per heavy atom. The average Bonchev–Trinajstić information content (AvgIpc) is 2.53. The Labute approximate surface area is 142 Å². The molecule has 0 saturated heterocycles. The second-order valence-electron chi connectivity index (χ2n) is 4.44. The number of halogens is 2. The van der Waals surface area contributed by atoms with Crippen molar-refractivity contribution in [1.82, 2.24) is 5.32 Å². The van der Waals surface area contributed by atoms with Crippen LogP contribution in [0.15, 0.2) is 18.2 Å². The fourth-order valence-corrected chi connectivity index (χ4v) is 2.34. The van der Waals surface area contributed by atoms with Crippen molar-refractivity contribution in [3.05, 3.63) is 23.8 Å². The summed E-state index contributed by atoms with van der Waals surface area (Å²) in [5.74, 6) is -0.325. The van der Waals surface area contributed by atoms with Gasteiger partial charge in [0.25, 0.3) is 0 Å². The number of ether oxygens (including phenoxy) is 3. The molecule has 0 aliphatic carbocycles. The fourth-order valence-electron chi connectivity index (χ4n) is 1.70. The molecule has 0 bridgehead atoms. The van der Waals surface area contributed by atoms with E-state index in [0.29, 0.717) is 12.2 Å². The van der Waals surface area contributed by atoms with E-state index in [-0.39, 0.29) is 41.4 Å². The summed E-state index contributed by atoms with van der Waals surface area (Å²) in [5.41, 5.74) is 0.664. The number of rotatable bonds is 10. The highest BCUT2D eigenvalue weighted by atomic mass is 32.2. The van der Waals surface area contributed by atoms with Gasteiger partial charge in [-0.3, -0.25) is 9.59 Å². The van der Waals surface area contributed by atoms with Gasteiger partial charge in [0.1, 0.15) is 0 Å². The molecule has 0 aliphatic rings. The number of hydrogen-bond donors (Lipinski definition) is 1. The van der Waals surface area contributed by atoms with Crippen LogP contribution in [0.5, 0.6) is 11.5 Å². The summed E-state index contributed by atoms with van der Waals surface area (Å²) >= 11 is 1.15. The summed E-state index contributed by atoms with van der Waals surface area (Å²) in [5, 5.41) is 2.66. The second kappa shape index (κ2) is 10.7. The molecule has 1 N–H and O–H groups in total. The maximum Gasteiger partial charge on any atom is 0.387 e. The van der Waals surface area contributed by atoms with E-state index in [2.05, 4.69) is 10.1 Å². The summed E-state index contributed by atoms with van der Waals surface area (Å²) in [7, 11) is 1.34. The van der Waals surface area contributed by atoms with Gasteiger partial charge >= 0.3 is 12.6 Å². The number of esters is 1. The number of alkyl halides is 2. The van der Waals surface area contributed by atoms with Gasteiger partial charge in [0.05, 0.1) is 25.2 Å². The number of benzene rings is 1. The summed E-state index contributed by atoms with van der Waals surface area (Å²) in [6.07, 6.45) is 0. The predicted molar refractivity (Wildman–Crippen MR) is 85.4 cm³/mol. The monoisotopic (exact) mass is 363 g/mol. The molecular formula is C15H19F2NO5S. The zero-order valence-electron chi connectivity index (χ0n) is 13.3. The Kier molecular flexibility index (Phi) is 8.92. The van der Waals surface area contributed by atoms with E-state index in [1.807, 2.05) is 0 Å². The van der Waals surface area contributed by atoms with Gasteiger partial charge in [-0.25, -0.2) is 0 Å². The van der Waals surface area contributed by atoms with Crippen LogP contribution in [0.3, 0.4) is 0 Å². The third-order valence-corrected chi connectivity index (χ3v) is 3.60. The van der Waals surface area contributed by atoms with Crippen LogP contribution in [0, 0.1) is 0 Å². The molecule has 0 unspecified atom stereocenters. The van der Waals surface area contributed by atoms with Gasteiger partial charge in [-0.05, 0) is 24.6 Å². The number of carbonyl (C=O) groups is 2. The van der Waals surface area contributed by atoms with Gasteiger partial charge in [-0.15, -0.1) is 11.8 Å². The molecule has 1 amide bonds. The zero-order chi connectivity index (χ0) is 17.9. The first-order chi connectivity index (χ1) is 11.5. The molecule has 0 heterocycles. The van der Waals surface area contributed by atoms with Crippen LogP contribution in [-0.4, -0.2) is 43.7 Å². The first kappa shape index (κ1) is 20.0. The van der Waals surface area contributed by atoms with Crippen LogP contribution < -0.4 is 14.8 Å². The lowest BCUT2D eigenvalue weighted by Crippen LogP contribution is -2.25. The summed E-state index contributed by atoms with van der Waals surface area (Å²) < 4.78 is 38.5. The van der Waals surface area contributed by atoms with E-state index in [4.69, 9.17) is 9.47 Å². The molecule has 0 spiro atoms. The fraction of sp³-hybridized carbons (Fsp3) is 0.467. The number of hydrogen-bond acceptors (Lipinski definition) is 6. The van der Waals surface area contributed by atoms with Crippen LogP contribution in [0.4, 0.5) is 8.78 Å². The van der Waals surface area contributed by atoms with Crippen molar-refractivity contribution in [2.24, 2.45) is 0 Å². The Balaban J connectivity index is 2.43. The summed E-state index contributed by atoms with van der Waals surface area (Å²) in [4.78, 5) is 22.8. The molecule has 0 saturated carbocycles. The molecule has 0 radical (unpaired) electrons. The van der Waals surface area contributed by atoms with Gasteiger partial charge in [0.2, 0.25) is 5.91 Å². The van der Waals surface area contributed by atoms with Crippen molar-refractivity contribution in [3.8, 4) is 11.5 Å². The first-order valence-corrected chi connectivity index (χ1v) is 8.23. The first-order valence-electron chi connectivity index (χ1n) is 7.08. The zero-order valence-corrected chi connectivity index (χ0v) is 14.2. The minimum atomic E-state index is -2.94. The highest BCUT2D eigenvalue weighted by Gasteiger charge is 2.11. The normalized spacial score (nSPS) is 10.4. The molecule has 1 aromatic rings. The third kappa shape index (κ3) is 7.49. The van der Waals surface area contributed by atoms with Crippen molar-refractivity contribution in [2.45, 2.75) is 20.1 Å². The smallest absolute Gasteiger partial charge is 0.387 e. The quantitative estimate of drug-likeness (QED) is 0.643. The number of thioether (sulfide) groups is 1. The van der Waals surface area contributed by atoms with Gasteiger partial charge in [-0.2, -0.15) is 8.78 Å². The molecule has 1 aromatic carbocycles. The van der Waals surface area contributed by atoms with Crippen molar-refractivity contribution >= 4 is 23.6 Å². The van der Waals surface area contributed by atoms with Crippen LogP contribution in [0.25, 0.3) is 0 Å². The Hall–Kier alpha value is -2.03. The molecule has 0 aliphatic heterocycles. The highest BCUT2D eigenvalue weighted by Crippen LogP contribution is 2.29. The highest BCUT2D eigenvalue weighted by molar-refractivity contribution is 8.00. The Morgan fingerprint density at radius 2 is 2.00 bits per heavy atom. The van der Waals surface area contributed by atoms with E-state index < -0.39 is 6.61 Å². The lowest BCUT2D eigenvalue weighted by Gasteiger charge is -2.12. The predicted octanol–water partition coefficient (Wildman–Crippen LogP) is 2.21. The van der Waals surface area contributed by atoms with Crippen LogP contribution in [0.1, 0.15) is 12.5 Å². The number of carbonyl (C=O) groups excluding carboxylic acids is 2. The standard InChI is InChI=1S/C15H19F2NO5S/c1-3-22-14(20)9-24-8-13(19)18-7-10-4-5-11(23-15(16)17)12(6-10)21-2/h4-6,15H,3,7-9H2,1-2H3,(H,18,19). The van der Waals surface area contributed by atoms with E-state index >= 15 is 0 Å². The molecule has 24 heavy (non-hydrogen) atoms. The Bertz CT molecular complexity index is 557. The SMILES string of the molecule is CCOC(=O)CSCC(=O)NCc1ccc(OC(F)F)c(OC)c1. The molecule has 0 fully saturated rings. The average molecular weight is 363 g/mol. The van der Waals surface area contributed by atoms with Gasteiger partial charge in [0.15, 0.2) is 11.5 Å². The van der Waals surface area contributed by atoms with Gasteiger partial charge < -0.3 is 19.5 Å². The maximum absolute atomic E-state index is 12.2. The van der Waals surface area contributed by atoms with E-state index in [1.165, 1.54) is 19.2 Å². The third-order valence-electron chi connectivity index (χ3n) is 2.69. The topological polar surface area (TPSA) is 73.9 Å². The number of methoxy groups -OCH3 is 1. The van der Waals surface area contributed by atoms with Crippen LogP contribution >= 0.6 is 11.8 Å². The van der Waals surface area contributed by atoms with Gasteiger partial charge in [-0.1, -0.05) is 6.07 Å². The van der Waals surface area contributed by atoms with Crippen LogP contribution in [-0.2, 0) is 20.9 Å². The van der Waals surface area contributed by atoms with E-state index in [9.17, 15) is 18.4 Å². The minimum Gasteiger partial charge on any atom is -0.493 e. The molecule has 9 heteroatoms. The van der Waals surface area contributed by atoms with Crippen molar-refractivity contribution in [1.29, 1.82) is 0 Å². The minimum absolute atomic E-state index is 0.0763. The number of amides is 1.